The summed E-state index contributed by atoms with van der Waals surface area (Å²) in [6, 6.07) is 4.92. The van der Waals surface area contributed by atoms with Crippen LogP contribution in [0.25, 0.3) is 0 Å². The Labute approximate surface area is 126 Å². The van der Waals surface area contributed by atoms with Crippen LogP contribution in [0.1, 0.15) is 52.7 Å². The predicted molar refractivity (Wildman–Crippen MR) is 82.5 cm³/mol. The second-order valence-electron chi connectivity index (χ2n) is 6.44. The quantitative estimate of drug-likeness (QED) is 0.717. The number of carbonyl (C=O) groups excluding carboxylic acids is 1. The van der Waals surface area contributed by atoms with E-state index in [1.165, 1.54) is 5.56 Å². The van der Waals surface area contributed by atoms with E-state index < -0.39 is 0 Å². The lowest BCUT2D eigenvalue weighted by molar-refractivity contribution is 0.0598. The highest BCUT2D eigenvalue weighted by atomic mass is 35.5. The van der Waals surface area contributed by atoms with Gasteiger partial charge in [0.25, 0.3) is 5.91 Å². The zero-order valence-corrected chi connectivity index (χ0v) is 13.2. The summed E-state index contributed by atoms with van der Waals surface area (Å²) in [5.74, 6) is 0.219. The number of benzene rings is 1. The van der Waals surface area contributed by atoms with Crippen LogP contribution in [-0.4, -0.2) is 28.3 Å². The SMILES string of the molecule is Cc1cc(C)c(C(=O)N2C3CCC2CC(Cl)C3)c(C)c1. The zero-order valence-electron chi connectivity index (χ0n) is 12.4. The van der Waals surface area contributed by atoms with Gasteiger partial charge in [-0.15, -0.1) is 11.6 Å². The molecule has 2 aliphatic heterocycles. The third kappa shape index (κ3) is 2.24. The summed E-state index contributed by atoms with van der Waals surface area (Å²) >= 11 is 6.31. The van der Waals surface area contributed by atoms with Gasteiger partial charge in [0.2, 0.25) is 0 Å². The largest absolute Gasteiger partial charge is 0.333 e. The first-order valence-corrected chi connectivity index (χ1v) is 7.95. The van der Waals surface area contributed by atoms with Gasteiger partial charge < -0.3 is 4.90 Å². The van der Waals surface area contributed by atoms with Gasteiger partial charge in [-0.3, -0.25) is 4.79 Å². The Kier molecular flexibility index (Phi) is 3.53. The molecule has 1 amide bonds. The third-order valence-electron chi connectivity index (χ3n) is 4.80. The first-order chi connectivity index (χ1) is 9.47. The van der Waals surface area contributed by atoms with Crippen molar-refractivity contribution in [2.75, 3.05) is 0 Å². The van der Waals surface area contributed by atoms with Crippen LogP contribution in [-0.2, 0) is 0 Å². The smallest absolute Gasteiger partial charge is 0.254 e. The minimum Gasteiger partial charge on any atom is -0.333 e. The lowest BCUT2D eigenvalue weighted by Crippen LogP contribution is -2.47. The van der Waals surface area contributed by atoms with Crippen LogP contribution in [0.15, 0.2) is 12.1 Å². The first-order valence-electron chi connectivity index (χ1n) is 7.52. The lowest BCUT2D eigenvalue weighted by atomic mass is 9.95. The van der Waals surface area contributed by atoms with Gasteiger partial charge in [-0.2, -0.15) is 0 Å². The van der Waals surface area contributed by atoms with Gasteiger partial charge in [-0.25, -0.2) is 0 Å². The van der Waals surface area contributed by atoms with Gasteiger partial charge in [0.1, 0.15) is 0 Å². The number of piperidine rings is 1. The van der Waals surface area contributed by atoms with Crippen molar-refractivity contribution in [2.45, 2.75) is 63.9 Å². The van der Waals surface area contributed by atoms with Crippen LogP contribution < -0.4 is 0 Å². The molecular formula is C17H22ClNO. The van der Waals surface area contributed by atoms with Crippen molar-refractivity contribution in [1.82, 2.24) is 4.90 Å². The summed E-state index contributed by atoms with van der Waals surface area (Å²) in [6.07, 6.45) is 4.13. The van der Waals surface area contributed by atoms with Crippen LogP contribution >= 0.6 is 11.6 Å². The number of hydrogen-bond acceptors (Lipinski definition) is 1. The maximum Gasteiger partial charge on any atom is 0.254 e. The number of fused-ring (bicyclic) bond motifs is 2. The summed E-state index contributed by atoms with van der Waals surface area (Å²) in [4.78, 5) is 15.1. The molecule has 0 spiro atoms. The minimum absolute atomic E-state index is 0.219. The molecule has 2 fully saturated rings. The van der Waals surface area contributed by atoms with E-state index in [2.05, 4.69) is 24.0 Å². The molecule has 20 heavy (non-hydrogen) atoms. The average molecular weight is 292 g/mol. The van der Waals surface area contributed by atoms with Crippen LogP contribution in [0.5, 0.6) is 0 Å². The number of halogens is 1. The van der Waals surface area contributed by atoms with E-state index >= 15 is 0 Å². The Hall–Kier alpha value is -1.02. The van der Waals surface area contributed by atoms with Crippen LogP contribution in [0, 0.1) is 20.8 Å². The van der Waals surface area contributed by atoms with E-state index in [1.807, 2.05) is 13.8 Å². The standard InChI is InChI=1S/C17H22ClNO/c1-10-6-11(2)16(12(3)7-10)17(20)19-14-4-5-15(19)9-13(18)8-14/h6-7,13-15H,4-5,8-9H2,1-3H3. The van der Waals surface area contributed by atoms with Crippen molar-refractivity contribution in [3.8, 4) is 0 Å². The van der Waals surface area contributed by atoms with E-state index in [0.29, 0.717) is 12.1 Å². The maximum absolute atomic E-state index is 13.0. The van der Waals surface area contributed by atoms with Gasteiger partial charge in [0.15, 0.2) is 0 Å². The number of carbonyl (C=O) groups is 1. The fourth-order valence-corrected chi connectivity index (χ4v) is 4.50. The molecule has 2 aliphatic rings. The summed E-state index contributed by atoms with van der Waals surface area (Å²) in [7, 11) is 0. The molecule has 2 heterocycles. The molecule has 0 aromatic heterocycles. The Bertz CT molecular complexity index is 517. The highest BCUT2D eigenvalue weighted by molar-refractivity contribution is 6.20. The van der Waals surface area contributed by atoms with Crippen molar-refractivity contribution in [3.63, 3.8) is 0 Å². The summed E-state index contributed by atoms with van der Waals surface area (Å²) < 4.78 is 0. The third-order valence-corrected chi connectivity index (χ3v) is 5.16. The summed E-state index contributed by atoms with van der Waals surface area (Å²) in [5, 5.41) is 0.247. The molecule has 108 valence electrons. The number of nitrogens with zero attached hydrogens (tertiary/aromatic N) is 1. The van der Waals surface area contributed by atoms with Gasteiger partial charge in [0, 0.05) is 23.0 Å². The van der Waals surface area contributed by atoms with Gasteiger partial charge in [0.05, 0.1) is 0 Å². The molecule has 0 saturated carbocycles. The van der Waals surface area contributed by atoms with Gasteiger partial charge in [-0.1, -0.05) is 17.7 Å². The second kappa shape index (κ2) is 5.07. The molecular weight excluding hydrogens is 270 g/mol. The van der Waals surface area contributed by atoms with E-state index in [9.17, 15) is 4.79 Å². The Morgan fingerprint density at radius 1 is 1.10 bits per heavy atom. The highest BCUT2D eigenvalue weighted by Gasteiger charge is 2.43. The summed E-state index contributed by atoms with van der Waals surface area (Å²) in [6.45, 7) is 6.17. The fourth-order valence-electron chi connectivity index (χ4n) is 4.09. The van der Waals surface area contributed by atoms with Crippen molar-refractivity contribution in [3.05, 3.63) is 34.4 Å². The second-order valence-corrected chi connectivity index (χ2v) is 7.06. The van der Waals surface area contributed by atoms with Gasteiger partial charge in [-0.05, 0) is 57.6 Å². The number of alkyl halides is 1. The highest BCUT2D eigenvalue weighted by Crippen LogP contribution is 2.39. The number of amides is 1. The number of aryl methyl sites for hydroxylation is 3. The Balaban J connectivity index is 1.94. The fraction of sp³-hybridized carbons (Fsp3) is 0.588. The van der Waals surface area contributed by atoms with Gasteiger partial charge >= 0.3 is 0 Å². The topological polar surface area (TPSA) is 20.3 Å². The normalized spacial score (nSPS) is 28.8. The Morgan fingerprint density at radius 2 is 1.60 bits per heavy atom. The molecule has 3 heteroatoms. The predicted octanol–water partition coefficient (Wildman–Crippen LogP) is 3.99. The molecule has 2 bridgehead atoms. The van der Waals surface area contributed by atoms with Crippen molar-refractivity contribution in [1.29, 1.82) is 0 Å². The van der Waals surface area contributed by atoms with Crippen molar-refractivity contribution >= 4 is 17.5 Å². The maximum atomic E-state index is 13.0. The Morgan fingerprint density at radius 3 is 2.10 bits per heavy atom. The van der Waals surface area contributed by atoms with Crippen molar-refractivity contribution in [2.24, 2.45) is 0 Å². The molecule has 2 nitrogen and oxygen atoms in total. The van der Waals surface area contributed by atoms with Crippen LogP contribution in [0.3, 0.4) is 0 Å². The van der Waals surface area contributed by atoms with E-state index in [-0.39, 0.29) is 11.3 Å². The van der Waals surface area contributed by atoms with Crippen LogP contribution in [0.2, 0.25) is 0 Å². The minimum atomic E-state index is 0.219. The van der Waals surface area contributed by atoms with Crippen molar-refractivity contribution < 1.29 is 4.79 Å². The van der Waals surface area contributed by atoms with E-state index in [0.717, 1.165) is 42.4 Å². The molecule has 1 aromatic rings. The molecule has 0 radical (unpaired) electrons. The van der Waals surface area contributed by atoms with E-state index in [1.54, 1.807) is 0 Å². The summed E-state index contributed by atoms with van der Waals surface area (Å²) in [5.41, 5.74) is 4.32. The molecule has 0 N–H and O–H groups in total. The lowest BCUT2D eigenvalue weighted by Gasteiger charge is -2.37. The molecule has 2 saturated heterocycles. The zero-order chi connectivity index (χ0) is 14.4. The molecule has 1 aromatic carbocycles. The molecule has 2 unspecified atom stereocenters. The monoisotopic (exact) mass is 291 g/mol. The molecule has 0 aliphatic carbocycles. The van der Waals surface area contributed by atoms with E-state index in [4.69, 9.17) is 11.6 Å². The molecule has 3 rings (SSSR count). The van der Waals surface area contributed by atoms with Crippen LogP contribution in [0.4, 0.5) is 0 Å². The number of hydrogen-bond donors (Lipinski definition) is 0. The first kappa shape index (κ1) is 13.9. The average Bonchev–Trinajstić information content (AvgIpc) is 2.60. The number of rotatable bonds is 1. The molecule has 2 atom stereocenters.